The molecule has 0 aromatic heterocycles. The third-order valence-corrected chi connectivity index (χ3v) is 3.48. The van der Waals surface area contributed by atoms with E-state index in [1.807, 2.05) is 6.92 Å². The van der Waals surface area contributed by atoms with Gasteiger partial charge < -0.3 is 10.2 Å². The lowest BCUT2D eigenvalue weighted by Gasteiger charge is -2.23. The van der Waals surface area contributed by atoms with E-state index >= 15 is 0 Å². The molecule has 1 aromatic carbocycles. The van der Waals surface area contributed by atoms with Crippen LogP contribution >= 0.6 is 11.6 Å². The summed E-state index contributed by atoms with van der Waals surface area (Å²) in [6.07, 6.45) is 0.892. The predicted molar refractivity (Wildman–Crippen MR) is 68.9 cm³/mol. The number of hydrogen-bond donors (Lipinski definition) is 1. The number of halogens is 2. The highest BCUT2D eigenvalue weighted by Crippen LogP contribution is 2.20. The van der Waals surface area contributed by atoms with Crippen LogP contribution in [0.25, 0.3) is 0 Å². The van der Waals surface area contributed by atoms with Crippen LogP contribution in [0, 0.1) is 5.82 Å². The Balaban J connectivity index is 2.16. The molecule has 98 valence electrons. The van der Waals surface area contributed by atoms with Crippen LogP contribution in [0.4, 0.5) is 4.39 Å². The largest absolute Gasteiger partial charge is 0.337 e. The third kappa shape index (κ3) is 3.00. The zero-order valence-corrected chi connectivity index (χ0v) is 11.0. The number of carbonyl (C=O) groups excluding carboxylic acids is 1. The summed E-state index contributed by atoms with van der Waals surface area (Å²) in [4.78, 5) is 13.8. The van der Waals surface area contributed by atoms with Crippen LogP contribution < -0.4 is 5.32 Å². The molecule has 3 nitrogen and oxygen atoms in total. The Morgan fingerprint density at radius 1 is 1.56 bits per heavy atom. The summed E-state index contributed by atoms with van der Waals surface area (Å²) in [5.74, 6) is -0.296. The van der Waals surface area contributed by atoms with E-state index in [1.165, 1.54) is 18.2 Å². The number of benzene rings is 1. The van der Waals surface area contributed by atoms with E-state index < -0.39 is 0 Å². The van der Waals surface area contributed by atoms with Crippen molar-refractivity contribution in [2.45, 2.75) is 25.9 Å². The van der Waals surface area contributed by atoms with Crippen LogP contribution in [0.15, 0.2) is 18.2 Å². The van der Waals surface area contributed by atoms with Crippen molar-refractivity contribution in [2.75, 3.05) is 13.1 Å². The van der Waals surface area contributed by atoms with Crippen molar-refractivity contribution in [2.24, 2.45) is 0 Å². The van der Waals surface area contributed by atoms with Gasteiger partial charge in [-0.2, -0.15) is 0 Å². The van der Waals surface area contributed by atoms with Gasteiger partial charge in [-0.15, -0.1) is 0 Å². The smallest absolute Gasteiger partial charge is 0.239 e. The maximum absolute atomic E-state index is 13.2. The van der Waals surface area contributed by atoms with E-state index in [-0.39, 0.29) is 17.8 Å². The number of rotatable bonds is 2. The van der Waals surface area contributed by atoms with Gasteiger partial charge in [0.2, 0.25) is 5.91 Å². The molecule has 1 amide bonds. The lowest BCUT2D eigenvalue weighted by Crippen LogP contribution is -2.41. The molecule has 0 saturated carbocycles. The zero-order chi connectivity index (χ0) is 13.1. The van der Waals surface area contributed by atoms with E-state index in [2.05, 4.69) is 5.32 Å². The summed E-state index contributed by atoms with van der Waals surface area (Å²) >= 11 is 6.02. The van der Waals surface area contributed by atoms with E-state index in [0.717, 1.165) is 13.0 Å². The SMILES string of the molecule is CC1NCCCN(Cc2cc(F)ccc2Cl)C1=O. The first kappa shape index (κ1) is 13.3. The molecular weight excluding hydrogens is 255 g/mol. The zero-order valence-electron chi connectivity index (χ0n) is 10.2. The summed E-state index contributed by atoms with van der Waals surface area (Å²) in [5, 5.41) is 3.63. The van der Waals surface area contributed by atoms with E-state index in [4.69, 9.17) is 11.6 Å². The average Bonchev–Trinajstić information content (AvgIpc) is 2.49. The predicted octanol–water partition coefficient (Wildman–Crippen LogP) is 2.19. The van der Waals surface area contributed by atoms with Crippen LogP contribution in [0.3, 0.4) is 0 Å². The van der Waals surface area contributed by atoms with Crippen LogP contribution in [-0.4, -0.2) is 29.9 Å². The second-order valence-electron chi connectivity index (χ2n) is 4.52. The molecule has 1 saturated heterocycles. The first-order valence-corrected chi connectivity index (χ1v) is 6.42. The molecule has 2 rings (SSSR count). The molecule has 18 heavy (non-hydrogen) atoms. The summed E-state index contributed by atoms with van der Waals surface area (Å²) in [6.45, 7) is 3.69. The standard InChI is InChI=1S/C13H16ClFN2O/c1-9-13(18)17(6-2-5-16-9)8-10-7-11(15)3-4-12(10)14/h3-4,7,9,16H,2,5-6,8H2,1H3. The van der Waals surface area contributed by atoms with Crippen LogP contribution in [0.1, 0.15) is 18.9 Å². The molecule has 5 heteroatoms. The minimum atomic E-state index is -0.331. The molecule has 1 heterocycles. The quantitative estimate of drug-likeness (QED) is 0.893. The number of hydrogen-bond acceptors (Lipinski definition) is 2. The number of nitrogens with zero attached hydrogens (tertiary/aromatic N) is 1. The molecule has 1 unspecified atom stereocenters. The van der Waals surface area contributed by atoms with Gasteiger partial charge in [0, 0.05) is 18.1 Å². The van der Waals surface area contributed by atoms with Crippen molar-refractivity contribution in [3.8, 4) is 0 Å². The molecule has 1 N–H and O–H groups in total. The van der Waals surface area contributed by atoms with Gasteiger partial charge in [0.05, 0.1) is 6.04 Å². The molecule has 1 atom stereocenters. The topological polar surface area (TPSA) is 32.3 Å². The highest BCUT2D eigenvalue weighted by Gasteiger charge is 2.23. The van der Waals surface area contributed by atoms with Gasteiger partial charge in [-0.25, -0.2) is 4.39 Å². The Labute approximate surface area is 111 Å². The molecule has 0 radical (unpaired) electrons. The van der Waals surface area contributed by atoms with Crippen molar-refractivity contribution in [1.82, 2.24) is 10.2 Å². The molecule has 1 aliphatic heterocycles. The second-order valence-corrected chi connectivity index (χ2v) is 4.93. The van der Waals surface area contributed by atoms with Gasteiger partial charge in [-0.3, -0.25) is 4.79 Å². The van der Waals surface area contributed by atoms with Gasteiger partial charge in [0.15, 0.2) is 0 Å². The Kier molecular flexibility index (Phi) is 4.19. The molecular formula is C13H16ClFN2O. The number of carbonyl (C=O) groups is 1. The molecule has 1 aliphatic rings. The summed E-state index contributed by atoms with van der Waals surface area (Å²) < 4.78 is 13.2. The van der Waals surface area contributed by atoms with Crippen molar-refractivity contribution >= 4 is 17.5 Å². The van der Waals surface area contributed by atoms with Gasteiger partial charge in [-0.1, -0.05) is 11.6 Å². The fraction of sp³-hybridized carbons (Fsp3) is 0.462. The Bertz CT molecular complexity index is 453. The van der Waals surface area contributed by atoms with Gasteiger partial charge >= 0.3 is 0 Å². The normalized spacial score (nSPS) is 20.9. The van der Waals surface area contributed by atoms with Crippen molar-refractivity contribution < 1.29 is 9.18 Å². The van der Waals surface area contributed by atoms with Crippen LogP contribution in [-0.2, 0) is 11.3 Å². The van der Waals surface area contributed by atoms with Gasteiger partial charge in [0.1, 0.15) is 5.82 Å². The molecule has 0 aliphatic carbocycles. The lowest BCUT2D eigenvalue weighted by atomic mass is 10.2. The molecule has 0 bridgehead atoms. The molecule has 1 aromatic rings. The number of nitrogens with one attached hydrogen (secondary N) is 1. The highest BCUT2D eigenvalue weighted by atomic mass is 35.5. The first-order valence-electron chi connectivity index (χ1n) is 6.04. The van der Waals surface area contributed by atoms with E-state index in [9.17, 15) is 9.18 Å². The maximum Gasteiger partial charge on any atom is 0.239 e. The van der Waals surface area contributed by atoms with Crippen molar-refractivity contribution in [3.05, 3.63) is 34.6 Å². The lowest BCUT2D eigenvalue weighted by molar-refractivity contribution is -0.132. The van der Waals surface area contributed by atoms with Gasteiger partial charge in [-0.05, 0) is 43.7 Å². The van der Waals surface area contributed by atoms with Crippen LogP contribution in [0.5, 0.6) is 0 Å². The molecule has 1 fully saturated rings. The third-order valence-electron chi connectivity index (χ3n) is 3.11. The highest BCUT2D eigenvalue weighted by molar-refractivity contribution is 6.31. The minimum absolute atomic E-state index is 0.0350. The molecule has 0 spiro atoms. The minimum Gasteiger partial charge on any atom is -0.337 e. The van der Waals surface area contributed by atoms with E-state index in [1.54, 1.807) is 4.90 Å². The summed E-state index contributed by atoms with van der Waals surface area (Å²) in [6, 6.07) is 4.04. The number of amides is 1. The average molecular weight is 271 g/mol. The van der Waals surface area contributed by atoms with Crippen molar-refractivity contribution in [3.63, 3.8) is 0 Å². The maximum atomic E-state index is 13.2. The van der Waals surface area contributed by atoms with Crippen molar-refractivity contribution in [1.29, 1.82) is 0 Å². The summed E-state index contributed by atoms with van der Waals surface area (Å²) in [7, 11) is 0. The fourth-order valence-corrected chi connectivity index (χ4v) is 2.26. The Hall–Kier alpha value is -1.13. The van der Waals surface area contributed by atoms with E-state index in [0.29, 0.717) is 23.7 Å². The van der Waals surface area contributed by atoms with Gasteiger partial charge in [0.25, 0.3) is 0 Å². The Morgan fingerprint density at radius 3 is 3.11 bits per heavy atom. The van der Waals surface area contributed by atoms with Crippen LogP contribution in [0.2, 0.25) is 5.02 Å². The Morgan fingerprint density at radius 2 is 2.33 bits per heavy atom. The summed E-state index contributed by atoms with van der Waals surface area (Å²) in [5.41, 5.74) is 0.652. The first-order chi connectivity index (χ1) is 8.58. The monoisotopic (exact) mass is 270 g/mol. The second kappa shape index (κ2) is 5.67. The fourth-order valence-electron chi connectivity index (χ4n) is 2.09.